The number of nitrogens with zero attached hydrogens (tertiary/aromatic N) is 2. The molecular weight excluding hydrogens is 649 g/mol. The van der Waals surface area contributed by atoms with Crippen molar-refractivity contribution in [2.24, 2.45) is 0 Å². The van der Waals surface area contributed by atoms with Gasteiger partial charge in [0.25, 0.3) is 10.0 Å². The van der Waals surface area contributed by atoms with E-state index in [0.29, 0.717) is 27.7 Å². The number of anilines is 1. The third-order valence-corrected chi connectivity index (χ3v) is 10.2. The van der Waals surface area contributed by atoms with Gasteiger partial charge in [0, 0.05) is 17.1 Å². The average molecular weight is 681 g/mol. The molecule has 1 aliphatic rings. The van der Waals surface area contributed by atoms with Crippen LogP contribution in [-0.2, 0) is 26.2 Å². The van der Waals surface area contributed by atoms with E-state index in [4.69, 9.17) is 23.2 Å². The van der Waals surface area contributed by atoms with Crippen molar-refractivity contribution in [3.63, 3.8) is 0 Å². The summed E-state index contributed by atoms with van der Waals surface area (Å²) in [7, 11) is -4.12. The van der Waals surface area contributed by atoms with Crippen LogP contribution in [0, 0.1) is 0 Å². The Kier molecular flexibility index (Phi) is 10.7. The number of carbonyl (C=O) groups excluding carboxylic acids is 2. The molecule has 11 heteroatoms. The molecule has 1 fully saturated rings. The molecule has 41 heavy (non-hydrogen) atoms. The summed E-state index contributed by atoms with van der Waals surface area (Å²) in [6, 6.07) is 18.9. The molecule has 1 aliphatic carbocycles. The van der Waals surface area contributed by atoms with Crippen LogP contribution >= 0.6 is 39.1 Å². The van der Waals surface area contributed by atoms with Crippen LogP contribution in [0.2, 0.25) is 10.0 Å². The number of hydrogen-bond donors (Lipinski definition) is 1. The van der Waals surface area contributed by atoms with Gasteiger partial charge in [-0.1, -0.05) is 83.2 Å². The minimum absolute atomic E-state index is 0.0475. The van der Waals surface area contributed by atoms with Gasteiger partial charge in [0.2, 0.25) is 11.8 Å². The normalized spacial score (nSPS) is 14.4. The lowest BCUT2D eigenvalue weighted by molar-refractivity contribution is -0.140. The number of sulfonamides is 1. The topological polar surface area (TPSA) is 86.8 Å². The lowest BCUT2D eigenvalue weighted by Gasteiger charge is -2.34. The van der Waals surface area contributed by atoms with E-state index in [-0.39, 0.29) is 23.4 Å². The Morgan fingerprint density at radius 3 is 2.24 bits per heavy atom. The number of rotatable bonds is 11. The Labute approximate surface area is 260 Å². The monoisotopic (exact) mass is 679 g/mol. The van der Waals surface area contributed by atoms with Crippen LogP contribution in [0.1, 0.15) is 44.6 Å². The van der Waals surface area contributed by atoms with E-state index >= 15 is 0 Å². The second-order valence-corrected chi connectivity index (χ2v) is 13.6. The molecule has 0 aliphatic heterocycles. The van der Waals surface area contributed by atoms with Gasteiger partial charge in [-0.25, -0.2) is 8.42 Å². The first-order valence-electron chi connectivity index (χ1n) is 13.5. The molecule has 0 saturated heterocycles. The summed E-state index contributed by atoms with van der Waals surface area (Å²) in [6.45, 7) is 1.38. The van der Waals surface area contributed by atoms with Crippen LogP contribution in [0.25, 0.3) is 0 Å². The van der Waals surface area contributed by atoms with Crippen LogP contribution in [-0.4, -0.2) is 43.8 Å². The molecule has 0 bridgehead atoms. The first-order chi connectivity index (χ1) is 19.6. The Morgan fingerprint density at radius 1 is 0.976 bits per heavy atom. The van der Waals surface area contributed by atoms with E-state index in [2.05, 4.69) is 21.2 Å². The fraction of sp³-hybridized carbons (Fsp3) is 0.333. The molecule has 1 saturated carbocycles. The maximum atomic E-state index is 14.1. The summed E-state index contributed by atoms with van der Waals surface area (Å²) >= 11 is 15.8. The molecule has 218 valence electrons. The van der Waals surface area contributed by atoms with Crippen molar-refractivity contribution in [1.29, 1.82) is 0 Å². The quantitative estimate of drug-likeness (QED) is 0.241. The molecule has 0 unspecified atom stereocenters. The van der Waals surface area contributed by atoms with Gasteiger partial charge in [0.1, 0.15) is 12.6 Å². The second kappa shape index (κ2) is 14.1. The molecule has 4 rings (SSSR count). The molecule has 0 radical (unpaired) electrons. The maximum absolute atomic E-state index is 14.1. The van der Waals surface area contributed by atoms with Gasteiger partial charge < -0.3 is 10.2 Å². The van der Waals surface area contributed by atoms with Crippen molar-refractivity contribution in [2.75, 3.05) is 10.8 Å². The van der Waals surface area contributed by atoms with Gasteiger partial charge in [-0.2, -0.15) is 0 Å². The Bertz CT molecular complexity index is 1470. The summed E-state index contributed by atoms with van der Waals surface area (Å²) in [5.41, 5.74) is 0.990. The minimum Gasteiger partial charge on any atom is -0.352 e. The van der Waals surface area contributed by atoms with Crippen LogP contribution in [0.3, 0.4) is 0 Å². The van der Waals surface area contributed by atoms with E-state index in [1.165, 1.54) is 17.0 Å². The van der Waals surface area contributed by atoms with Crippen molar-refractivity contribution >= 4 is 66.7 Å². The first-order valence-corrected chi connectivity index (χ1v) is 16.5. The fourth-order valence-corrected chi connectivity index (χ4v) is 7.00. The zero-order valence-electron chi connectivity index (χ0n) is 22.6. The molecule has 1 N–H and O–H groups in total. The van der Waals surface area contributed by atoms with Crippen LogP contribution in [0.15, 0.2) is 82.2 Å². The van der Waals surface area contributed by atoms with Crippen molar-refractivity contribution in [2.45, 2.75) is 62.6 Å². The van der Waals surface area contributed by atoms with Crippen molar-refractivity contribution < 1.29 is 18.0 Å². The Balaban J connectivity index is 1.71. The predicted molar refractivity (Wildman–Crippen MR) is 167 cm³/mol. The summed E-state index contributed by atoms with van der Waals surface area (Å²) in [5, 5.41) is 3.79. The van der Waals surface area contributed by atoms with Crippen molar-refractivity contribution in [3.8, 4) is 0 Å². The fourth-order valence-electron chi connectivity index (χ4n) is 4.98. The zero-order valence-corrected chi connectivity index (χ0v) is 26.5. The number of benzene rings is 3. The largest absolute Gasteiger partial charge is 0.352 e. The summed E-state index contributed by atoms with van der Waals surface area (Å²) in [6.07, 6.45) is 4.24. The first kappa shape index (κ1) is 31.3. The predicted octanol–water partition coefficient (Wildman–Crippen LogP) is 6.82. The van der Waals surface area contributed by atoms with Crippen LogP contribution < -0.4 is 9.62 Å². The summed E-state index contributed by atoms with van der Waals surface area (Å²) in [4.78, 5) is 29.1. The molecule has 7 nitrogen and oxygen atoms in total. The number of hydrogen-bond acceptors (Lipinski definition) is 4. The number of halogens is 3. The van der Waals surface area contributed by atoms with Crippen LogP contribution in [0.4, 0.5) is 5.69 Å². The highest BCUT2D eigenvalue weighted by molar-refractivity contribution is 9.10. The number of amides is 2. The SMILES string of the molecule is CC[C@@H](C(=O)NC1CCCC1)N(Cc1ccc(Cl)c(Cl)c1)C(=O)CN(c1ccc(Br)cc1)S(=O)(=O)c1ccccc1. The van der Waals surface area contributed by atoms with Crippen molar-refractivity contribution in [1.82, 2.24) is 10.2 Å². The standard InChI is InChI=1S/C30H32BrCl2N3O4S/c1-2-28(30(38)34-23-8-6-7-9-23)35(19-21-12-17-26(32)27(33)18-21)29(37)20-36(24-15-13-22(31)14-16-24)41(39,40)25-10-4-3-5-11-25/h3-5,10-18,23,28H,2,6-9,19-20H2,1H3,(H,34,38)/t28-/m0/s1. The van der Waals surface area contributed by atoms with Crippen molar-refractivity contribution in [3.05, 3.63) is 92.9 Å². The second-order valence-electron chi connectivity index (χ2n) is 9.99. The number of nitrogens with one attached hydrogen (secondary N) is 1. The summed E-state index contributed by atoms with van der Waals surface area (Å²) < 4.78 is 29.6. The third kappa shape index (κ3) is 7.83. The van der Waals surface area contributed by atoms with E-state index in [1.807, 2.05) is 6.92 Å². The average Bonchev–Trinajstić information content (AvgIpc) is 3.47. The molecular formula is C30H32BrCl2N3O4S. The smallest absolute Gasteiger partial charge is 0.264 e. The molecule has 0 aromatic heterocycles. The molecule has 2 amide bonds. The van der Waals surface area contributed by atoms with Crippen LogP contribution in [0.5, 0.6) is 0 Å². The minimum atomic E-state index is -4.12. The van der Waals surface area contributed by atoms with Gasteiger partial charge in [-0.05, 0) is 73.4 Å². The number of carbonyl (C=O) groups is 2. The lowest BCUT2D eigenvalue weighted by Crippen LogP contribution is -2.53. The highest BCUT2D eigenvalue weighted by Crippen LogP contribution is 2.28. The maximum Gasteiger partial charge on any atom is 0.264 e. The highest BCUT2D eigenvalue weighted by atomic mass is 79.9. The highest BCUT2D eigenvalue weighted by Gasteiger charge is 2.34. The molecule has 0 heterocycles. The van der Waals surface area contributed by atoms with Gasteiger partial charge in [-0.3, -0.25) is 13.9 Å². The van der Waals surface area contributed by atoms with E-state index in [9.17, 15) is 18.0 Å². The molecule has 0 spiro atoms. The molecule has 3 aromatic rings. The zero-order chi connectivity index (χ0) is 29.6. The molecule has 1 atom stereocenters. The Hall–Kier alpha value is -2.59. The van der Waals surface area contributed by atoms with Gasteiger partial charge in [0.15, 0.2) is 0 Å². The van der Waals surface area contributed by atoms with Gasteiger partial charge in [-0.15, -0.1) is 0 Å². The van der Waals surface area contributed by atoms with Gasteiger partial charge in [0.05, 0.1) is 20.6 Å². The molecule has 3 aromatic carbocycles. The van der Waals surface area contributed by atoms with E-state index in [0.717, 1.165) is 34.5 Å². The van der Waals surface area contributed by atoms with E-state index < -0.39 is 28.5 Å². The summed E-state index contributed by atoms with van der Waals surface area (Å²) in [5.74, 6) is -0.777. The van der Waals surface area contributed by atoms with E-state index in [1.54, 1.807) is 60.7 Å². The Morgan fingerprint density at radius 2 is 1.63 bits per heavy atom. The lowest BCUT2D eigenvalue weighted by atomic mass is 10.1. The van der Waals surface area contributed by atoms with Gasteiger partial charge >= 0.3 is 0 Å². The third-order valence-electron chi connectivity index (χ3n) is 7.15.